The number of thiol groups is 1. The molecule has 0 bridgehead atoms. The third-order valence-electron chi connectivity index (χ3n) is 1.54. The zero-order valence-electron chi connectivity index (χ0n) is 7.95. The van der Waals surface area contributed by atoms with E-state index in [4.69, 9.17) is 4.74 Å². The quantitative estimate of drug-likeness (QED) is 0.464. The smallest absolute Gasteiger partial charge is 0.341 e. The first-order chi connectivity index (χ1) is 7.09. The molecule has 1 unspecified atom stereocenters. The monoisotopic (exact) mass is 230 g/mol. The lowest BCUT2D eigenvalue weighted by Crippen LogP contribution is -2.25. The summed E-state index contributed by atoms with van der Waals surface area (Å²) in [6.45, 7) is 1.30. The number of hydrogen-bond acceptors (Lipinski definition) is 5. The van der Waals surface area contributed by atoms with Crippen molar-refractivity contribution in [1.29, 1.82) is 0 Å². The Labute approximate surface area is 88.8 Å². The van der Waals surface area contributed by atoms with Crippen molar-refractivity contribution >= 4 is 17.0 Å². The van der Waals surface area contributed by atoms with E-state index in [9.17, 15) is 13.2 Å². The summed E-state index contributed by atoms with van der Waals surface area (Å²) >= 11 is 0. The van der Waals surface area contributed by atoms with Gasteiger partial charge in [0.25, 0.3) is 11.0 Å². The van der Waals surface area contributed by atoms with Crippen LogP contribution in [-0.2, 0) is 20.0 Å². The van der Waals surface area contributed by atoms with Crippen LogP contribution in [0.5, 0.6) is 5.75 Å². The van der Waals surface area contributed by atoms with E-state index >= 15 is 0 Å². The second kappa shape index (κ2) is 5.47. The maximum atomic E-state index is 11.2. The number of carbonyl (C=O) groups excluding carboxylic acids is 1. The molecule has 0 aromatic heterocycles. The van der Waals surface area contributed by atoms with Crippen LogP contribution in [0.15, 0.2) is 30.3 Å². The molecule has 6 heteroatoms. The minimum Gasteiger partial charge on any atom is -0.425 e. The number of hydrogen-bond donors (Lipinski definition) is 1. The van der Waals surface area contributed by atoms with Gasteiger partial charge >= 0.3 is 5.97 Å². The van der Waals surface area contributed by atoms with Gasteiger partial charge in [0, 0.05) is 0 Å². The minimum absolute atomic E-state index is 0.346. The third kappa shape index (κ3) is 4.09. The number of carbonyl (C=O) groups is 1. The highest BCUT2D eigenvalue weighted by Crippen LogP contribution is 2.09. The number of esters is 1. The van der Waals surface area contributed by atoms with Crippen LogP contribution in [0, 0.1) is 0 Å². The molecule has 0 aliphatic carbocycles. The van der Waals surface area contributed by atoms with Crippen LogP contribution in [0.2, 0.25) is 0 Å². The lowest BCUT2D eigenvalue weighted by molar-refractivity contribution is -0.141. The molecule has 0 saturated carbocycles. The van der Waals surface area contributed by atoms with Gasteiger partial charge < -0.3 is 4.74 Å². The van der Waals surface area contributed by atoms with Gasteiger partial charge in [-0.25, -0.2) is 13.2 Å². The summed E-state index contributed by atoms with van der Waals surface area (Å²) in [6, 6.07) is 8.33. The highest BCUT2D eigenvalue weighted by atomic mass is 32.2. The molecule has 15 heavy (non-hydrogen) atoms. The summed E-state index contributed by atoms with van der Waals surface area (Å²) in [4.78, 5) is 11.2. The maximum Gasteiger partial charge on any atom is 0.341 e. The Morgan fingerprint density at radius 2 is 1.87 bits per heavy atom. The second-order valence-corrected chi connectivity index (χ2v) is 3.36. The standard InChI is InChI=1S/C9H10O5S/c1-7(14-15(11)12)9(10)13-8-5-3-2-4-6-8/h2-7,15H,1H3. The molecule has 0 radical (unpaired) electrons. The summed E-state index contributed by atoms with van der Waals surface area (Å²) in [5.74, 6) is -0.403. The fourth-order valence-corrected chi connectivity index (χ4v) is 1.20. The lowest BCUT2D eigenvalue weighted by atomic mass is 10.3. The molecule has 82 valence electrons. The predicted octanol–water partition coefficient (Wildman–Crippen LogP) is 0.524. The van der Waals surface area contributed by atoms with Gasteiger partial charge in [-0.3, -0.25) is 4.18 Å². The average molecular weight is 230 g/mol. The topological polar surface area (TPSA) is 69.7 Å². The van der Waals surface area contributed by atoms with Crippen LogP contribution in [0.1, 0.15) is 6.92 Å². The highest BCUT2D eigenvalue weighted by molar-refractivity contribution is 7.67. The largest absolute Gasteiger partial charge is 0.425 e. The molecule has 0 aliphatic heterocycles. The molecular formula is C9H10O5S. The molecule has 0 heterocycles. The molecular weight excluding hydrogens is 220 g/mol. The molecule has 1 aromatic carbocycles. The molecule has 0 aliphatic rings. The van der Waals surface area contributed by atoms with Gasteiger partial charge in [0.1, 0.15) is 5.75 Å². The van der Waals surface area contributed by atoms with E-state index in [-0.39, 0.29) is 0 Å². The third-order valence-corrected chi connectivity index (χ3v) is 2.03. The Morgan fingerprint density at radius 1 is 1.27 bits per heavy atom. The second-order valence-electron chi connectivity index (χ2n) is 2.71. The molecule has 1 atom stereocenters. The lowest BCUT2D eigenvalue weighted by Gasteiger charge is -2.07. The van der Waals surface area contributed by atoms with Crippen molar-refractivity contribution in [2.75, 3.05) is 0 Å². The summed E-state index contributed by atoms with van der Waals surface area (Å²) in [5.41, 5.74) is 0. The zero-order valence-corrected chi connectivity index (χ0v) is 8.85. The Balaban J connectivity index is 2.56. The minimum atomic E-state index is -3.05. The first-order valence-electron chi connectivity index (χ1n) is 4.17. The maximum absolute atomic E-state index is 11.2. The van der Waals surface area contributed by atoms with E-state index < -0.39 is 23.1 Å². The Kier molecular flexibility index (Phi) is 4.26. The summed E-state index contributed by atoms with van der Waals surface area (Å²) in [6.07, 6.45) is -1.13. The molecule has 0 amide bonds. The summed E-state index contributed by atoms with van der Waals surface area (Å²) < 4.78 is 29.5. The van der Waals surface area contributed by atoms with Crippen LogP contribution in [0.25, 0.3) is 0 Å². The van der Waals surface area contributed by atoms with E-state index in [1.54, 1.807) is 30.3 Å². The first kappa shape index (κ1) is 11.7. The SMILES string of the molecule is CC(O[SH](=O)=O)C(=O)Oc1ccccc1. The van der Waals surface area contributed by atoms with Crippen LogP contribution >= 0.6 is 0 Å². The van der Waals surface area contributed by atoms with E-state index in [1.165, 1.54) is 6.92 Å². The summed E-state index contributed by atoms with van der Waals surface area (Å²) in [5, 5.41) is 0. The van der Waals surface area contributed by atoms with Crippen molar-refractivity contribution in [2.45, 2.75) is 13.0 Å². The van der Waals surface area contributed by atoms with E-state index in [0.29, 0.717) is 5.75 Å². The van der Waals surface area contributed by atoms with E-state index in [0.717, 1.165) is 0 Å². The molecule has 1 rings (SSSR count). The Hall–Kier alpha value is -1.40. The van der Waals surface area contributed by atoms with Gasteiger partial charge in [0.15, 0.2) is 6.10 Å². The zero-order chi connectivity index (χ0) is 11.3. The van der Waals surface area contributed by atoms with Crippen molar-refractivity contribution in [2.24, 2.45) is 0 Å². The van der Waals surface area contributed by atoms with E-state index in [2.05, 4.69) is 4.18 Å². The normalized spacial score (nSPS) is 12.4. The predicted molar refractivity (Wildman–Crippen MR) is 52.9 cm³/mol. The van der Waals surface area contributed by atoms with Crippen molar-refractivity contribution in [3.8, 4) is 5.75 Å². The molecule has 0 fully saturated rings. The fraction of sp³-hybridized carbons (Fsp3) is 0.222. The highest BCUT2D eigenvalue weighted by Gasteiger charge is 2.16. The molecule has 0 saturated heterocycles. The number of para-hydroxylation sites is 1. The van der Waals surface area contributed by atoms with Crippen molar-refractivity contribution in [3.63, 3.8) is 0 Å². The van der Waals surface area contributed by atoms with Crippen LogP contribution < -0.4 is 4.74 Å². The van der Waals surface area contributed by atoms with Gasteiger partial charge in [-0.15, -0.1) is 0 Å². The van der Waals surface area contributed by atoms with Crippen molar-refractivity contribution in [1.82, 2.24) is 0 Å². The Bertz CT molecular complexity index is 390. The van der Waals surface area contributed by atoms with Crippen molar-refractivity contribution in [3.05, 3.63) is 30.3 Å². The van der Waals surface area contributed by atoms with Crippen LogP contribution in [0.3, 0.4) is 0 Å². The first-order valence-corrected chi connectivity index (χ1v) is 5.27. The number of benzene rings is 1. The fourth-order valence-electron chi connectivity index (χ4n) is 0.860. The molecule has 0 spiro atoms. The molecule has 5 nitrogen and oxygen atoms in total. The van der Waals surface area contributed by atoms with Gasteiger partial charge in [-0.05, 0) is 19.1 Å². The number of rotatable bonds is 4. The summed E-state index contributed by atoms with van der Waals surface area (Å²) in [7, 11) is -3.05. The average Bonchev–Trinajstić information content (AvgIpc) is 2.18. The molecule has 1 aromatic rings. The van der Waals surface area contributed by atoms with Gasteiger partial charge in [0.2, 0.25) is 0 Å². The molecule has 0 N–H and O–H groups in total. The van der Waals surface area contributed by atoms with Crippen molar-refractivity contribution < 1.29 is 22.1 Å². The van der Waals surface area contributed by atoms with Gasteiger partial charge in [0.05, 0.1) is 0 Å². The number of ether oxygens (including phenoxy) is 1. The van der Waals surface area contributed by atoms with Crippen LogP contribution in [0.4, 0.5) is 0 Å². The van der Waals surface area contributed by atoms with Gasteiger partial charge in [-0.1, -0.05) is 18.2 Å². The van der Waals surface area contributed by atoms with Crippen LogP contribution in [-0.4, -0.2) is 20.5 Å². The van der Waals surface area contributed by atoms with E-state index in [1.807, 2.05) is 0 Å². The van der Waals surface area contributed by atoms with Gasteiger partial charge in [-0.2, -0.15) is 0 Å². The Morgan fingerprint density at radius 3 is 2.40 bits per heavy atom.